The number of amidine groups is 1. The van der Waals surface area contributed by atoms with Gasteiger partial charge in [0.25, 0.3) is 0 Å². The molecule has 1 unspecified atom stereocenters. The van der Waals surface area contributed by atoms with Crippen molar-refractivity contribution < 1.29 is 4.74 Å². The molecule has 1 aromatic rings. The third-order valence-electron chi connectivity index (χ3n) is 2.46. The SMILES string of the molecule is CCCOC(CC)n1cnc(C(=N)N)c1NC. The number of nitrogens with one attached hydrogen (secondary N) is 2. The van der Waals surface area contributed by atoms with Crippen LogP contribution in [0, 0.1) is 5.41 Å². The number of nitrogens with two attached hydrogens (primary N) is 1. The Morgan fingerprint density at radius 1 is 1.65 bits per heavy atom. The first-order valence-electron chi connectivity index (χ1n) is 5.86. The Morgan fingerprint density at radius 3 is 2.82 bits per heavy atom. The number of aromatic nitrogens is 2. The smallest absolute Gasteiger partial charge is 0.147 e. The number of rotatable bonds is 7. The molecule has 0 fully saturated rings. The molecule has 0 aliphatic rings. The number of nitrogen functional groups attached to an aromatic ring is 1. The van der Waals surface area contributed by atoms with Gasteiger partial charge in [-0.15, -0.1) is 0 Å². The second kappa shape index (κ2) is 6.24. The number of imidazole rings is 1. The van der Waals surface area contributed by atoms with E-state index in [9.17, 15) is 0 Å². The highest BCUT2D eigenvalue weighted by molar-refractivity contribution is 5.97. The van der Waals surface area contributed by atoms with Crippen LogP contribution in [0.1, 0.15) is 38.6 Å². The molecule has 1 aromatic heterocycles. The van der Waals surface area contributed by atoms with E-state index in [0.29, 0.717) is 12.3 Å². The van der Waals surface area contributed by atoms with E-state index < -0.39 is 0 Å². The quantitative estimate of drug-likeness (QED) is 0.497. The third-order valence-corrected chi connectivity index (χ3v) is 2.46. The summed E-state index contributed by atoms with van der Waals surface area (Å²) in [5.74, 6) is 0.680. The third kappa shape index (κ3) is 2.97. The van der Waals surface area contributed by atoms with Crippen molar-refractivity contribution in [1.29, 1.82) is 5.41 Å². The van der Waals surface area contributed by atoms with Crippen molar-refractivity contribution in [3.05, 3.63) is 12.0 Å². The van der Waals surface area contributed by atoms with Gasteiger partial charge in [-0.25, -0.2) is 4.98 Å². The lowest BCUT2D eigenvalue weighted by Crippen LogP contribution is -2.17. The normalized spacial score (nSPS) is 12.4. The zero-order valence-corrected chi connectivity index (χ0v) is 10.7. The standard InChI is InChI=1S/C11H21N5O/c1-4-6-17-8(5-2)16-7-15-9(10(12)13)11(16)14-3/h7-8,14H,4-6H2,1-3H3,(H3,12,13). The fraction of sp³-hybridized carbons (Fsp3) is 0.636. The van der Waals surface area contributed by atoms with Gasteiger partial charge in [0, 0.05) is 13.7 Å². The Bertz CT molecular complexity index is 374. The van der Waals surface area contributed by atoms with E-state index in [1.165, 1.54) is 0 Å². The van der Waals surface area contributed by atoms with Gasteiger partial charge in [0.2, 0.25) is 0 Å². The highest BCUT2D eigenvalue weighted by Gasteiger charge is 2.17. The van der Waals surface area contributed by atoms with Crippen LogP contribution in [-0.2, 0) is 4.74 Å². The fourth-order valence-electron chi connectivity index (χ4n) is 1.67. The molecule has 0 saturated carbocycles. The van der Waals surface area contributed by atoms with Gasteiger partial charge in [0.1, 0.15) is 23.6 Å². The summed E-state index contributed by atoms with van der Waals surface area (Å²) in [4.78, 5) is 4.13. The van der Waals surface area contributed by atoms with Crippen LogP contribution in [0.3, 0.4) is 0 Å². The molecule has 0 aromatic carbocycles. The van der Waals surface area contributed by atoms with Gasteiger partial charge in [-0.05, 0) is 12.8 Å². The number of hydrogen-bond donors (Lipinski definition) is 3. The second-order valence-electron chi connectivity index (χ2n) is 3.75. The molecule has 0 spiro atoms. The maximum atomic E-state index is 7.45. The van der Waals surface area contributed by atoms with Crippen LogP contribution < -0.4 is 11.1 Å². The minimum absolute atomic E-state index is 0.0431. The molecule has 6 heteroatoms. The monoisotopic (exact) mass is 239 g/mol. The molecule has 96 valence electrons. The molecule has 0 bridgehead atoms. The fourth-order valence-corrected chi connectivity index (χ4v) is 1.67. The summed E-state index contributed by atoms with van der Waals surface area (Å²) in [6.45, 7) is 4.82. The van der Waals surface area contributed by atoms with Gasteiger partial charge in [0.15, 0.2) is 0 Å². The van der Waals surface area contributed by atoms with Crippen LogP contribution in [0.5, 0.6) is 0 Å². The summed E-state index contributed by atoms with van der Waals surface area (Å²) in [7, 11) is 1.78. The average molecular weight is 239 g/mol. The average Bonchev–Trinajstić information content (AvgIpc) is 2.74. The summed E-state index contributed by atoms with van der Waals surface area (Å²) >= 11 is 0. The minimum Gasteiger partial charge on any atom is -0.382 e. The van der Waals surface area contributed by atoms with Crippen molar-refractivity contribution >= 4 is 11.7 Å². The Kier molecular flexibility index (Phi) is 4.96. The van der Waals surface area contributed by atoms with Gasteiger partial charge in [0.05, 0.1) is 6.33 Å². The van der Waals surface area contributed by atoms with Crippen molar-refractivity contribution in [2.24, 2.45) is 5.73 Å². The molecule has 1 heterocycles. The first-order chi connectivity index (χ1) is 8.15. The van der Waals surface area contributed by atoms with E-state index in [-0.39, 0.29) is 12.1 Å². The molecule has 4 N–H and O–H groups in total. The topological polar surface area (TPSA) is 89.0 Å². The van der Waals surface area contributed by atoms with Crippen molar-refractivity contribution in [2.75, 3.05) is 19.0 Å². The second-order valence-corrected chi connectivity index (χ2v) is 3.75. The predicted octanol–water partition coefficient (Wildman–Crippen LogP) is 1.54. The van der Waals surface area contributed by atoms with Gasteiger partial charge in [-0.1, -0.05) is 13.8 Å². The number of nitrogens with zero attached hydrogens (tertiary/aromatic N) is 2. The zero-order chi connectivity index (χ0) is 12.8. The molecule has 0 radical (unpaired) electrons. The van der Waals surface area contributed by atoms with Crippen LogP contribution in [0.25, 0.3) is 0 Å². The van der Waals surface area contributed by atoms with Crippen LogP contribution in [-0.4, -0.2) is 29.0 Å². The molecule has 17 heavy (non-hydrogen) atoms. The van der Waals surface area contributed by atoms with E-state index >= 15 is 0 Å². The van der Waals surface area contributed by atoms with E-state index in [4.69, 9.17) is 15.9 Å². The highest BCUT2D eigenvalue weighted by Crippen LogP contribution is 2.22. The van der Waals surface area contributed by atoms with Gasteiger partial charge in [-0.2, -0.15) is 0 Å². The summed E-state index contributed by atoms with van der Waals surface area (Å²) in [6, 6.07) is 0. The van der Waals surface area contributed by atoms with E-state index in [1.807, 2.05) is 11.5 Å². The van der Waals surface area contributed by atoms with Crippen LogP contribution >= 0.6 is 0 Å². The molecule has 0 saturated heterocycles. The van der Waals surface area contributed by atoms with Gasteiger partial charge >= 0.3 is 0 Å². The first-order valence-corrected chi connectivity index (χ1v) is 5.86. The van der Waals surface area contributed by atoms with Crippen LogP contribution in [0.15, 0.2) is 6.33 Å². The molecule has 6 nitrogen and oxygen atoms in total. The zero-order valence-electron chi connectivity index (χ0n) is 10.7. The number of anilines is 1. The molecular weight excluding hydrogens is 218 g/mol. The Labute approximate surface area is 102 Å². The summed E-state index contributed by atoms with van der Waals surface area (Å²) in [6.07, 6.45) is 3.40. The van der Waals surface area contributed by atoms with E-state index in [0.717, 1.165) is 18.7 Å². The molecule has 0 aliphatic heterocycles. The first kappa shape index (κ1) is 13.5. The molecule has 0 aliphatic carbocycles. The molecule has 1 rings (SSSR count). The highest BCUT2D eigenvalue weighted by atomic mass is 16.5. The summed E-state index contributed by atoms with van der Waals surface area (Å²) in [5, 5.41) is 10.5. The Balaban J connectivity index is 2.98. The maximum Gasteiger partial charge on any atom is 0.147 e. The van der Waals surface area contributed by atoms with E-state index in [2.05, 4.69) is 17.2 Å². The minimum atomic E-state index is -0.0713. The largest absolute Gasteiger partial charge is 0.382 e. The molecular formula is C11H21N5O. The van der Waals surface area contributed by atoms with Crippen molar-refractivity contribution in [1.82, 2.24) is 9.55 Å². The summed E-state index contributed by atoms with van der Waals surface area (Å²) in [5.41, 5.74) is 5.94. The Hall–Kier alpha value is -1.56. The van der Waals surface area contributed by atoms with Crippen LogP contribution in [0.4, 0.5) is 5.82 Å². The van der Waals surface area contributed by atoms with Crippen molar-refractivity contribution in [3.63, 3.8) is 0 Å². The number of hydrogen-bond acceptors (Lipinski definition) is 4. The lowest BCUT2D eigenvalue weighted by Gasteiger charge is -2.19. The van der Waals surface area contributed by atoms with Crippen LogP contribution in [0.2, 0.25) is 0 Å². The van der Waals surface area contributed by atoms with Gasteiger partial charge < -0.3 is 15.8 Å². The van der Waals surface area contributed by atoms with Crippen molar-refractivity contribution in [3.8, 4) is 0 Å². The maximum absolute atomic E-state index is 7.45. The lowest BCUT2D eigenvalue weighted by atomic mass is 10.3. The lowest BCUT2D eigenvalue weighted by molar-refractivity contribution is 0.00148. The molecule has 0 amide bonds. The summed E-state index contributed by atoms with van der Waals surface area (Å²) < 4.78 is 7.62. The number of ether oxygens (including phenoxy) is 1. The van der Waals surface area contributed by atoms with Gasteiger partial charge in [-0.3, -0.25) is 9.98 Å². The molecule has 1 atom stereocenters. The van der Waals surface area contributed by atoms with E-state index in [1.54, 1.807) is 13.4 Å². The van der Waals surface area contributed by atoms with Crippen molar-refractivity contribution in [2.45, 2.75) is 32.9 Å². The Morgan fingerprint density at radius 2 is 2.35 bits per heavy atom. The predicted molar refractivity (Wildman–Crippen MR) is 68.4 cm³/mol.